The summed E-state index contributed by atoms with van der Waals surface area (Å²) >= 11 is 0. The van der Waals surface area contributed by atoms with Gasteiger partial charge in [0.25, 0.3) is 0 Å². The number of hydrogen-bond acceptors (Lipinski definition) is 2. The molecule has 1 heterocycles. The van der Waals surface area contributed by atoms with E-state index in [1.165, 1.54) is 0 Å². The van der Waals surface area contributed by atoms with E-state index in [0.717, 1.165) is 26.1 Å². The Kier molecular flexibility index (Phi) is 3.53. The molecule has 0 aromatic rings. The Balaban J connectivity index is 2.69. The van der Waals surface area contributed by atoms with Gasteiger partial charge >= 0.3 is 0 Å². The molecule has 0 aromatic heterocycles. The molecule has 82 valence electrons. The molecular formula is C11H22N2O. The van der Waals surface area contributed by atoms with Crippen LogP contribution in [0.2, 0.25) is 0 Å². The van der Waals surface area contributed by atoms with Crippen LogP contribution in [-0.2, 0) is 4.79 Å². The second-order valence-corrected chi connectivity index (χ2v) is 5.05. The monoisotopic (exact) mass is 198 g/mol. The molecule has 0 unspecified atom stereocenters. The van der Waals surface area contributed by atoms with Crippen LogP contribution in [0.3, 0.4) is 0 Å². The van der Waals surface area contributed by atoms with Crippen molar-refractivity contribution in [2.75, 3.05) is 19.6 Å². The first-order chi connectivity index (χ1) is 6.43. The summed E-state index contributed by atoms with van der Waals surface area (Å²) in [7, 11) is 0. The van der Waals surface area contributed by atoms with Gasteiger partial charge in [-0.05, 0) is 32.7 Å². The Morgan fingerprint density at radius 3 is 2.71 bits per heavy atom. The largest absolute Gasteiger partial charge is 0.341 e. The van der Waals surface area contributed by atoms with Crippen LogP contribution in [-0.4, -0.2) is 36.0 Å². The minimum atomic E-state index is -0.384. The molecule has 0 saturated carbocycles. The number of nitrogens with one attached hydrogen (secondary N) is 1. The van der Waals surface area contributed by atoms with Crippen molar-refractivity contribution in [1.82, 2.24) is 10.2 Å². The Labute approximate surface area is 86.9 Å². The van der Waals surface area contributed by atoms with E-state index in [0.29, 0.717) is 5.92 Å². The highest BCUT2D eigenvalue weighted by atomic mass is 16.2. The summed E-state index contributed by atoms with van der Waals surface area (Å²) in [6, 6.07) is 0. The fourth-order valence-electron chi connectivity index (χ4n) is 1.86. The van der Waals surface area contributed by atoms with Crippen LogP contribution in [0.5, 0.6) is 0 Å². The van der Waals surface area contributed by atoms with E-state index in [1.54, 1.807) is 0 Å². The quantitative estimate of drug-likeness (QED) is 0.724. The maximum Gasteiger partial charge on any atom is 0.242 e. The van der Waals surface area contributed by atoms with E-state index < -0.39 is 0 Å². The van der Waals surface area contributed by atoms with E-state index in [-0.39, 0.29) is 11.4 Å². The molecule has 1 fully saturated rings. The van der Waals surface area contributed by atoms with Gasteiger partial charge in [0.05, 0.1) is 5.54 Å². The highest BCUT2D eigenvalue weighted by Crippen LogP contribution is 2.13. The third kappa shape index (κ3) is 2.71. The third-order valence-corrected chi connectivity index (χ3v) is 2.58. The standard InChI is InChI=1S/C11H22N2O/c1-9(2)8-13-7-5-6-12-11(3,4)10(13)14/h9,12H,5-8H2,1-4H3. The molecule has 1 aliphatic heterocycles. The van der Waals surface area contributed by atoms with Gasteiger partial charge in [0.2, 0.25) is 5.91 Å². The average Bonchev–Trinajstić information content (AvgIpc) is 2.17. The maximum atomic E-state index is 12.1. The van der Waals surface area contributed by atoms with E-state index in [4.69, 9.17) is 0 Å². The van der Waals surface area contributed by atoms with Crippen molar-refractivity contribution in [3.05, 3.63) is 0 Å². The second-order valence-electron chi connectivity index (χ2n) is 5.05. The smallest absolute Gasteiger partial charge is 0.242 e. The van der Waals surface area contributed by atoms with Crippen LogP contribution in [0.1, 0.15) is 34.1 Å². The zero-order chi connectivity index (χ0) is 10.8. The number of carbonyl (C=O) groups is 1. The summed E-state index contributed by atoms with van der Waals surface area (Å²) in [5.41, 5.74) is -0.384. The molecule has 3 nitrogen and oxygen atoms in total. The fraction of sp³-hybridized carbons (Fsp3) is 0.909. The lowest BCUT2D eigenvalue weighted by molar-refractivity contribution is -0.136. The molecule has 0 spiro atoms. The molecular weight excluding hydrogens is 176 g/mol. The predicted molar refractivity (Wildman–Crippen MR) is 58.1 cm³/mol. The van der Waals surface area contributed by atoms with Crippen LogP contribution in [0.15, 0.2) is 0 Å². The fourth-order valence-corrected chi connectivity index (χ4v) is 1.86. The molecule has 0 atom stereocenters. The van der Waals surface area contributed by atoms with Crippen molar-refractivity contribution in [2.45, 2.75) is 39.7 Å². The molecule has 1 saturated heterocycles. The van der Waals surface area contributed by atoms with Gasteiger partial charge in [0.1, 0.15) is 0 Å². The second kappa shape index (κ2) is 4.30. The first-order valence-electron chi connectivity index (χ1n) is 5.48. The van der Waals surface area contributed by atoms with Gasteiger partial charge in [-0.2, -0.15) is 0 Å². The van der Waals surface area contributed by atoms with Crippen molar-refractivity contribution in [2.24, 2.45) is 5.92 Å². The summed E-state index contributed by atoms with van der Waals surface area (Å²) in [6.45, 7) is 10.9. The molecule has 1 rings (SSSR count). The van der Waals surface area contributed by atoms with E-state index in [1.807, 2.05) is 18.7 Å². The first-order valence-corrected chi connectivity index (χ1v) is 5.48. The Morgan fingerprint density at radius 2 is 2.14 bits per heavy atom. The summed E-state index contributed by atoms with van der Waals surface area (Å²) in [5.74, 6) is 0.788. The Bertz CT molecular complexity index is 211. The van der Waals surface area contributed by atoms with E-state index in [2.05, 4.69) is 19.2 Å². The zero-order valence-corrected chi connectivity index (χ0v) is 9.76. The minimum absolute atomic E-state index is 0.240. The van der Waals surface area contributed by atoms with Crippen LogP contribution >= 0.6 is 0 Å². The number of carbonyl (C=O) groups excluding carboxylic acids is 1. The van der Waals surface area contributed by atoms with E-state index in [9.17, 15) is 4.79 Å². The summed E-state index contributed by atoms with van der Waals surface area (Å²) in [6.07, 6.45) is 1.06. The molecule has 0 aromatic carbocycles. The van der Waals surface area contributed by atoms with Crippen molar-refractivity contribution in [3.63, 3.8) is 0 Å². The van der Waals surface area contributed by atoms with Gasteiger partial charge in [-0.15, -0.1) is 0 Å². The number of hydrogen-bond donors (Lipinski definition) is 1. The summed E-state index contributed by atoms with van der Waals surface area (Å²) < 4.78 is 0. The van der Waals surface area contributed by atoms with Gasteiger partial charge in [0, 0.05) is 13.1 Å². The highest BCUT2D eigenvalue weighted by molar-refractivity contribution is 5.85. The Hall–Kier alpha value is -0.570. The molecule has 3 heteroatoms. The molecule has 0 bridgehead atoms. The molecule has 1 aliphatic rings. The lowest BCUT2D eigenvalue weighted by Gasteiger charge is -2.30. The molecule has 1 amide bonds. The van der Waals surface area contributed by atoms with Crippen LogP contribution in [0.4, 0.5) is 0 Å². The van der Waals surface area contributed by atoms with Gasteiger partial charge in [-0.3, -0.25) is 4.79 Å². The van der Waals surface area contributed by atoms with Crippen molar-refractivity contribution in [1.29, 1.82) is 0 Å². The molecule has 1 N–H and O–H groups in total. The number of nitrogens with zero attached hydrogens (tertiary/aromatic N) is 1. The predicted octanol–water partition coefficient (Wildman–Crippen LogP) is 1.24. The van der Waals surface area contributed by atoms with Gasteiger partial charge in [-0.25, -0.2) is 0 Å². The SMILES string of the molecule is CC(C)CN1CCCNC(C)(C)C1=O. The topological polar surface area (TPSA) is 32.3 Å². The summed E-state index contributed by atoms with van der Waals surface area (Å²) in [4.78, 5) is 14.1. The minimum Gasteiger partial charge on any atom is -0.341 e. The van der Waals surface area contributed by atoms with Gasteiger partial charge in [0.15, 0.2) is 0 Å². The molecule has 14 heavy (non-hydrogen) atoms. The zero-order valence-electron chi connectivity index (χ0n) is 9.76. The average molecular weight is 198 g/mol. The third-order valence-electron chi connectivity index (χ3n) is 2.58. The Morgan fingerprint density at radius 1 is 1.50 bits per heavy atom. The van der Waals surface area contributed by atoms with E-state index >= 15 is 0 Å². The lowest BCUT2D eigenvalue weighted by atomic mass is 10.0. The first kappa shape index (κ1) is 11.5. The van der Waals surface area contributed by atoms with Crippen molar-refractivity contribution in [3.8, 4) is 0 Å². The summed E-state index contributed by atoms with van der Waals surface area (Å²) in [5, 5.41) is 3.28. The highest BCUT2D eigenvalue weighted by Gasteiger charge is 2.33. The maximum absolute atomic E-state index is 12.1. The lowest BCUT2D eigenvalue weighted by Crippen LogP contribution is -2.52. The molecule has 0 aliphatic carbocycles. The normalized spacial score (nSPS) is 22.6. The van der Waals surface area contributed by atoms with Crippen LogP contribution in [0.25, 0.3) is 0 Å². The van der Waals surface area contributed by atoms with Crippen LogP contribution < -0.4 is 5.32 Å². The van der Waals surface area contributed by atoms with Gasteiger partial charge in [-0.1, -0.05) is 13.8 Å². The van der Waals surface area contributed by atoms with Gasteiger partial charge < -0.3 is 10.2 Å². The molecule has 0 radical (unpaired) electrons. The van der Waals surface area contributed by atoms with Crippen molar-refractivity contribution >= 4 is 5.91 Å². The van der Waals surface area contributed by atoms with Crippen LogP contribution in [0, 0.1) is 5.92 Å². The van der Waals surface area contributed by atoms with Crippen molar-refractivity contribution < 1.29 is 4.79 Å². The number of amides is 1. The number of rotatable bonds is 2.